The van der Waals surface area contributed by atoms with Crippen molar-refractivity contribution in [3.05, 3.63) is 0 Å². The molecule has 0 aromatic rings. The lowest BCUT2D eigenvalue weighted by Crippen LogP contribution is -2.51. The molecule has 1 saturated heterocycles. The molecule has 0 aliphatic carbocycles. The molecule has 0 saturated carbocycles. The maximum Gasteiger partial charge on any atom is 0.511 e. The van der Waals surface area contributed by atoms with Crippen molar-refractivity contribution in [3.8, 4) is 0 Å². The van der Waals surface area contributed by atoms with Crippen molar-refractivity contribution in [1.82, 2.24) is 4.72 Å². The van der Waals surface area contributed by atoms with Gasteiger partial charge in [-0.3, -0.25) is 0 Å². The summed E-state index contributed by atoms with van der Waals surface area (Å²) in [6.45, 7) is 5.07. The smallest absolute Gasteiger partial charge is 0.323 e. The number of nitrogens with one attached hydrogen (secondary N) is 1. The number of likely N-dealkylation sites (tertiary alicyclic amines) is 1. The highest BCUT2D eigenvalue weighted by atomic mass is 32.2. The second-order valence-corrected chi connectivity index (χ2v) is 6.55. The summed E-state index contributed by atoms with van der Waals surface area (Å²) < 4.78 is 60.4. The number of hydrogen-bond donors (Lipinski definition) is 1. The van der Waals surface area contributed by atoms with Crippen LogP contribution < -0.4 is 4.72 Å². The molecule has 8 heteroatoms. The largest absolute Gasteiger partial charge is 0.511 e. The molecule has 0 spiro atoms. The highest BCUT2D eigenvalue weighted by Gasteiger charge is 2.45. The average molecular weight is 289 g/mol. The summed E-state index contributed by atoms with van der Waals surface area (Å²) in [5.41, 5.74) is -5.21. The highest BCUT2D eigenvalue weighted by Crippen LogP contribution is 2.22. The zero-order valence-corrected chi connectivity index (χ0v) is 11.3. The number of rotatable bonds is 6. The van der Waals surface area contributed by atoms with Crippen molar-refractivity contribution in [2.24, 2.45) is 0 Å². The Morgan fingerprint density at radius 1 is 1.17 bits per heavy atom. The number of hydrogen-bond acceptors (Lipinski definition) is 2. The fraction of sp³-hybridized carbons (Fsp3) is 1.00. The van der Waals surface area contributed by atoms with E-state index in [2.05, 4.69) is 0 Å². The predicted molar refractivity (Wildman–Crippen MR) is 62.2 cm³/mol. The van der Waals surface area contributed by atoms with Gasteiger partial charge in [0.25, 0.3) is 0 Å². The molecule has 0 amide bonds. The van der Waals surface area contributed by atoms with Gasteiger partial charge in [0.1, 0.15) is 0 Å². The van der Waals surface area contributed by atoms with Gasteiger partial charge in [-0.25, -0.2) is 13.1 Å². The Morgan fingerprint density at radius 3 is 2.17 bits per heavy atom. The molecule has 1 rings (SSSR count). The fourth-order valence-corrected chi connectivity index (χ4v) is 3.06. The molecule has 1 N–H and O–H groups in total. The molecule has 0 aromatic carbocycles. The van der Waals surface area contributed by atoms with Crippen LogP contribution in [0.5, 0.6) is 0 Å². The first-order valence-corrected chi connectivity index (χ1v) is 7.62. The summed E-state index contributed by atoms with van der Waals surface area (Å²) >= 11 is 0. The van der Waals surface area contributed by atoms with Crippen molar-refractivity contribution in [3.63, 3.8) is 0 Å². The first-order chi connectivity index (χ1) is 8.22. The Balaban J connectivity index is 2.50. The van der Waals surface area contributed by atoms with Gasteiger partial charge in [0.2, 0.25) is 0 Å². The van der Waals surface area contributed by atoms with Gasteiger partial charge < -0.3 is 4.48 Å². The van der Waals surface area contributed by atoms with Gasteiger partial charge in [0, 0.05) is 12.8 Å². The molecule has 0 bridgehead atoms. The first kappa shape index (κ1) is 15.7. The van der Waals surface area contributed by atoms with Crippen molar-refractivity contribution >= 4 is 10.0 Å². The van der Waals surface area contributed by atoms with Gasteiger partial charge >= 0.3 is 15.5 Å². The number of quaternary nitrogens is 1. The van der Waals surface area contributed by atoms with Gasteiger partial charge in [-0.1, -0.05) is 6.92 Å². The van der Waals surface area contributed by atoms with Crippen LogP contribution in [0.4, 0.5) is 13.2 Å². The van der Waals surface area contributed by atoms with Crippen LogP contribution >= 0.6 is 0 Å². The topological polar surface area (TPSA) is 46.2 Å². The summed E-state index contributed by atoms with van der Waals surface area (Å²) in [5.74, 6) is 0. The van der Waals surface area contributed by atoms with Crippen LogP contribution in [-0.4, -0.2) is 51.1 Å². The van der Waals surface area contributed by atoms with E-state index in [0.717, 1.165) is 43.4 Å². The third-order valence-corrected chi connectivity index (χ3v) is 4.59. The molecule has 1 aliphatic heterocycles. The summed E-state index contributed by atoms with van der Waals surface area (Å²) in [5, 5.41) is 0. The van der Waals surface area contributed by atoms with Crippen molar-refractivity contribution < 1.29 is 26.1 Å². The summed E-state index contributed by atoms with van der Waals surface area (Å²) in [6, 6.07) is 0. The van der Waals surface area contributed by atoms with Gasteiger partial charge in [-0.2, -0.15) is 13.2 Å². The predicted octanol–water partition coefficient (Wildman–Crippen LogP) is 1.45. The van der Waals surface area contributed by atoms with E-state index in [4.69, 9.17) is 0 Å². The molecule has 4 nitrogen and oxygen atoms in total. The normalized spacial score (nSPS) is 20.2. The highest BCUT2D eigenvalue weighted by molar-refractivity contribution is 7.90. The minimum absolute atomic E-state index is 0.151. The first-order valence-electron chi connectivity index (χ1n) is 6.13. The molecule has 0 aromatic heterocycles. The van der Waals surface area contributed by atoms with Crippen LogP contribution in [0.1, 0.15) is 26.2 Å². The number of alkyl halides is 3. The lowest BCUT2D eigenvalue weighted by atomic mass is 10.3. The minimum atomic E-state index is -5.21. The van der Waals surface area contributed by atoms with E-state index in [0.29, 0.717) is 6.54 Å². The van der Waals surface area contributed by atoms with Crippen molar-refractivity contribution in [2.45, 2.75) is 31.7 Å². The maximum absolute atomic E-state index is 12.1. The molecular weight excluding hydrogens is 269 g/mol. The lowest BCUT2D eigenvalue weighted by molar-refractivity contribution is -0.915. The van der Waals surface area contributed by atoms with E-state index >= 15 is 0 Å². The van der Waals surface area contributed by atoms with Gasteiger partial charge in [0.15, 0.2) is 0 Å². The molecule has 0 radical (unpaired) electrons. The quantitative estimate of drug-likeness (QED) is 0.752. The van der Waals surface area contributed by atoms with Crippen molar-refractivity contribution in [1.29, 1.82) is 0 Å². The van der Waals surface area contributed by atoms with E-state index in [1.807, 2.05) is 6.92 Å². The molecule has 0 unspecified atom stereocenters. The zero-order chi connectivity index (χ0) is 13.9. The second kappa shape index (κ2) is 5.75. The van der Waals surface area contributed by atoms with Crippen LogP contribution in [-0.2, 0) is 10.0 Å². The summed E-state index contributed by atoms with van der Waals surface area (Å²) in [4.78, 5) is 0. The molecule has 1 heterocycles. The van der Waals surface area contributed by atoms with Crippen LogP contribution in [0.15, 0.2) is 0 Å². The zero-order valence-electron chi connectivity index (χ0n) is 10.5. The third-order valence-electron chi connectivity index (χ3n) is 3.40. The fourth-order valence-electron chi connectivity index (χ4n) is 2.54. The SMILES string of the molecule is CCC[N+]1(CCNS(=O)(=O)C(F)(F)F)CCCC1. The average Bonchev–Trinajstić information content (AvgIpc) is 2.65. The Labute approximate surface area is 106 Å². The second-order valence-electron chi connectivity index (χ2n) is 4.79. The van der Waals surface area contributed by atoms with Gasteiger partial charge in [-0.15, -0.1) is 0 Å². The van der Waals surface area contributed by atoms with Gasteiger partial charge in [0.05, 0.1) is 32.7 Å². The van der Waals surface area contributed by atoms with E-state index < -0.39 is 15.5 Å². The lowest BCUT2D eigenvalue weighted by Gasteiger charge is -2.34. The summed E-state index contributed by atoms with van der Waals surface area (Å²) in [6.07, 6.45) is 3.07. The Morgan fingerprint density at radius 2 is 1.72 bits per heavy atom. The number of halogens is 3. The Hall–Kier alpha value is -0.340. The molecular formula is C10H20F3N2O2S+. The summed E-state index contributed by atoms with van der Waals surface area (Å²) in [7, 11) is -5.19. The van der Waals surface area contributed by atoms with E-state index in [9.17, 15) is 21.6 Å². The van der Waals surface area contributed by atoms with Gasteiger partial charge in [-0.05, 0) is 6.42 Å². The standard InChI is InChI=1S/C10H20F3N2O2S/c1-2-6-15(7-3-4-8-15)9-5-14-18(16,17)10(11,12)13/h14H,2-9H2,1H3/q+1. The third kappa shape index (κ3) is 3.83. The van der Waals surface area contributed by atoms with E-state index in [1.54, 1.807) is 4.72 Å². The van der Waals surface area contributed by atoms with E-state index in [-0.39, 0.29) is 6.54 Å². The van der Waals surface area contributed by atoms with Crippen LogP contribution in [0, 0.1) is 0 Å². The van der Waals surface area contributed by atoms with Crippen molar-refractivity contribution in [2.75, 3.05) is 32.7 Å². The number of nitrogens with zero attached hydrogens (tertiary/aromatic N) is 1. The molecule has 1 aliphatic rings. The van der Waals surface area contributed by atoms with Crippen LogP contribution in [0.3, 0.4) is 0 Å². The minimum Gasteiger partial charge on any atom is -0.323 e. The molecule has 108 valence electrons. The van der Waals surface area contributed by atoms with Crippen LogP contribution in [0.2, 0.25) is 0 Å². The Kier molecular flexibility index (Phi) is 5.02. The molecule has 0 atom stereocenters. The molecule has 18 heavy (non-hydrogen) atoms. The monoisotopic (exact) mass is 289 g/mol. The van der Waals surface area contributed by atoms with Crippen LogP contribution in [0.25, 0.3) is 0 Å². The Bertz CT molecular complexity index is 362. The van der Waals surface area contributed by atoms with E-state index in [1.165, 1.54) is 0 Å². The number of sulfonamides is 1. The maximum atomic E-state index is 12.1. The molecule has 1 fully saturated rings.